The van der Waals surface area contributed by atoms with Crippen LogP contribution in [0.25, 0.3) is 0 Å². The first-order chi connectivity index (χ1) is 13.3. The first-order valence-electron chi connectivity index (χ1n) is 9.97. The largest absolute Gasteiger partial charge is 0.495 e. The Kier molecular flexibility index (Phi) is 6.89. The molecule has 1 aliphatic heterocycles. The summed E-state index contributed by atoms with van der Waals surface area (Å²) in [7, 11) is -2.22. The lowest BCUT2D eigenvalue weighted by molar-refractivity contribution is -0.127. The zero-order chi connectivity index (χ0) is 20.3. The standard InChI is InChI=1S/C20H29ClN2O4S/c1-14-6-3-4-8-18(14)22-20(24)15-7-5-11-23(13-15)28(25,26)16-9-10-19(27-2)17(21)12-16/h9-10,12,14-15,18H,3-8,11,13H2,1-2H3,(H,22,24)/t14-,15+,18+/m1/s1. The Balaban J connectivity index is 1.69. The second-order valence-electron chi connectivity index (χ2n) is 7.88. The number of benzene rings is 1. The van der Waals surface area contributed by atoms with Crippen LogP contribution in [0.2, 0.25) is 5.02 Å². The maximum atomic E-state index is 13.0. The molecule has 0 spiro atoms. The Hall–Kier alpha value is -1.31. The van der Waals surface area contributed by atoms with Crippen molar-refractivity contribution in [3.05, 3.63) is 23.2 Å². The maximum absolute atomic E-state index is 13.0. The highest BCUT2D eigenvalue weighted by Crippen LogP contribution is 2.30. The van der Waals surface area contributed by atoms with Gasteiger partial charge in [-0.2, -0.15) is 4.31 Å². The summed E-state index contributed by atoms with van der Waals surface area (Å²) in [6.07, 6.45) is 5.87. The molecule has 2 aliphatic rings. The zero-order valence-electron chi connectivity index (χ0n) is 16.5. The number of piperidine rings is 1. The normalized spacial score (nSPS) is 26.6. The molecule has 0 unspecified atom stereocenters. The Labute approximate surface area is 172 Å². The number of nitrogens with zero attached hydrogens (tertiary/aromatic N) is 1. The van der Waals surface area contributed by atoms with Crippen molar-refractivity contribution in [3.63, 3.8) is 0 Å². The number of rotatable bonds is 5. The SMILES string of the molecule is COc1ccc(S(=O)(=O)N2CCC[C@H](C(=O)N[C@H]3CCCC[C@H]3C)C2)cc1Cl. The van der Waals surface area contributed by atoms with Gasteiger partial charge in [0.2, 0.25) is 15.9 Å². The zero-order valence-corrected chi connectivity index (χ0v) is 18.1. The Bertz CT molecular complexity index is 814. The number of nitrogens with one attached hydrogen (secondary N) is 1. The molecule has 28 heavy (non-hydrogen) atoms. The minimum atomic E-state index is -3.71. The van der Waals surface area contributed by atoms with Crippen LogP contribution < -0.4 is 10.1 Å². The van der Waals surface area contributed by atoms with Gasteiger partial charge in [-0.1, -0.05) is 31.4 Å². The van der Waals surface area contributed by atoms with Gasteiger partial charge in [-0.05, 0) is 49.8 Å². The van der Waals surface area contributed by atoms with E-state index < -0.39 is 10.0 Å². The fraction of sp³-hybridized carbons (Fsp3) is 0.650. The summed E-state index contributed by atoms with van der Waals surface area (Å²) in [5.74, 6) is 0.568. The Morgan fingerprint density at radius 2 is 1.96 bits per heavy atom. The van der Waals surface area contributed by atoms with Crippen molar-refractivity contribution in [2.45, 2.75) is 56.4 Å². The molecule has 2 fully saturated rings. The Morgan fingerprint density at radius 1 is 1.21 bits per heavy atom. The number of carbonyl (C=O) groups is 1. The molecule has 3 rings (SSSR count). The molecule has 3 atom stereocenters. The van der Waals surface area contributed by atoms with Crippen LogP contribution in [0.4, 0.5) is 0 Å². The van der Waals surface area contributed by atoms with Crippen molar-refractivity contribution in [3.8, 4) is 5.75 Å². The first-order valence-corrected chi connectivity index (χ1v) is 11.8. The molecule has 6 nitrogen and oxygen atoms in total. The summed E-state index contributed by atoms with van der Waals surface area (Å²) < 4.78 is 32.6. The minimum Gasteiger partial charge on any atom is -0.495 e. The van der Waals surface area contributed by atoms with Gasteiger partial charge in [0.1, 0.15) is 5.75 Å². The lowest BCUT2D eigenvalue weighted by Gasteiger charge is -2.34. The van der Waals surface area contributed by atoms with E-state index in [4.69, 9.17) is 16.3 Å². The van der Waals surface area contributed by atoms with E-state index in [-0.39, 0.29) is 34.3 Å². The molecular weight excluding hydrogens is 400 g/mol. The van der Waals surface area contributed by atoms with Crippen LogP contribution in [0.3, 0.4) is 0 Å². The van der Waals surface area contributed by atoms with Gasteiger partial charge in [-0.25, -0.2) is 8.42 Å². The number of ether oxygens (including phenoxy) is 1. The minimum absolute atomic E-state index is 0.0218. The summed E-state index contributed by atoms with van der Waals surface area (Å²) >= 11 is 6.10. The molecule has 1 aromatic rings. The monoisotopic (exact) mass is 428 g/mol. The van der Waals surface area contributed by atoms with Crippen molar-refractivity contribution < 1.29 is 17.9 Å². The second-order valence-corrected chi connectivity index (χ2v) is 10.2. The van der Waals surface area contributed by atoms with Gasteiger partial charge in [0.15, 0.2) is 0 Å². The lowest BCUT2D eigenvalue weighted by Crippen LogP contribution is -2.49. The molecule has 1 saturated heterocycles. The fourth-order valence-corrected chi connectivity index (χ4v) is 6.04. The molecule has 1 saturated carbocycles. The molecular formula is C20H29ClN2O4S. The highest BCUT2D eigenvalue weighted by Gasteiger charge is 2.35. The van der Waals surface area contributed by atoms with Crippen LogP contribution in [0.15, 0.2) is 23.1 Å². The molecule has 1 N–H and O–H groups in total. The summed E-state index contributed by atoms with van der Waals surface area (Å²) in [6, 6.07) is 4.65. The summed E-state index contributed by atoms with van der Waals surface area (Å²) in [4.78, 5) is 12.9. The topological polar surface area (TPSA) is 75.7 Å². The van der Waals surface area contributed by atoms with Crippen molar-refractivity contribution in [1.29, 1.82) is 0 Å². The fourth-order valence-electron chi connectivity index (χ4n) is 4.16. The number of methoxy groups -OCH3 is 1. The van der Waals surface area contributed by atoms with E-state index in [1.165, 1.54) is 30.0 Å². The van der Waals surface area contributed by atoms with Crippen LogP contribution in [-0.4, -0.2) is 44.9 Å². The molecule has 0 bridgehead atoms. The van der Waals surface area contributed by atoms with Gasteiger partial charge >= 0.3 is 0 Å². The highest BCUT2D eigenvalue weighted by molar-refractivity contribution is 7.89. The number of hydrogen-bond donors (Lipinski definition) is 1. The third-order valence-electron chi connectivity index (χ3n) is 5.96. The molecule has 8 heteroatoms. The summed E-state index contributed by atoms with van der Waals surface area (Å²) in [5, 5.41) is 3.43. The number of sulfonamides is 1. The van der Waals surface area contributed by atoms with E-state index in [9.17, 15) is 13.2 Å². The predicted octanol–water partition coefficient (Wildman–Crippen LogP) is 3.44. The predicted molar refractivity (Wildman–Crippen MR) is 109 cm³/mol. The maximum Gasteiger partial charge on any atom is 0.243 e. The van der Waals surface area contributed by atoms with Crippen molar-refractivity contribution in [1.82, 2.24) is 9.62 Å². The van der Waals surface area contributed by atoms with Gasteiger partial charge in [-0.3, -0.25) is 4.79 Å². The van der Waals surface area contributed by atoms with E-state index >= 15 is 0 Å². The van der Waals surface area contributed by atoms with Crippen molar-refractivity contribution in [2.24, 2.45) is 11.8 Å². The third-order valence-corrected chi connectivity index (χ3v) is 8.11. The second kappa shape index (κ2) is 9.01. The number of amides is 1. The average Bonchev–Trinajstić information content (AvgIpc) is 2.69. The number of hydrogen-bond acceptors (Lipinski definition) is 4. The van der Waals surface area contributed by atoms with Gasteiger partial charge in [0.05, 0.1) is 22.9 Å². The number of halogens is 1. The molecule has 0 aromatic heterocycles. The number of carbonyl (C=O) groups excluding carboxylic acids is 1. The van der Waals surface area contributed by atoms with E-state index in [1.807, 2.05) is 0 Å². The van der Waals surface area contributed by atoms with Crippen LogP contribution in [-0.2, 0) is 14.8 Å². The molecule has 0 radical (unpaired) electrons. The van der Waals surface area contributed by atoms with Gasteiger partial charge in [0, 0.05) is 19.1 Å². The molecule has 1 amide bonds. The Morgan fingerprint density at radius 3 is 2.64 bits per heavy atom. The summed E-state index contributed by atoms with van der Waals surface area (Å²) in [5.41, 5.74) is 0. The van der Waals surface area contributed by atoms with Crippen LogP contribution in [0.1, 0.15) is 45.4 Å². The van der Waals surface area contributed by atoms with E-state index in [1.54, 1.807) is 6.07 Å². The lowest BCUT2D eigenvalue weighted by atomic mass is 9.85. The average molecular weight is 429 g/mol. The third kappa shape index (κ3) is 4.63. The van der Waals surface area contributed by atoms with Gasteiger partial charge in [0.25, 0.3) is 0 Å². The van der Waals surface area contributed by atoms with Gasteiger partial charge < -0.3 is 10.1 Å². The quantitative estimate of drug-likeness (QED) is 0.779. The van der Waals surface area contributed by atoms with Crippen molar-refractivity contribution >= 4 is 27.5 Å². The van der Waals surface area contributed by atoms with Crippen molar-refractivity contribution in [2.75, 3.05) is 20.2 Å². The molecule has 156 valence electrons. The van der Waals surface area contributed by atoms with Crippen LogP contribution in [0.5, 0.6) is 5.75 Å². The van der Waals surface area contributed by atoms with E-state index in [0.717, 1.165) is 19.3 Å². The molecule has 1 aromatic carbocycles. The van der Waals surface area contributed by atoms with Crippen LogP contribution >= 0.6 is 11.6 Å². The smallest absolute Gasteiger partial charge is 0.243 e. The molecule has 1 aliphatic carbocycles. The highest BCUT2D eigenvalue weighted by atomic mass is 35.5. The summed E-state index contributed by atoms with van der Waals surface area (Å²) in [6.45, 7) is 2.80. The van der Waals surface area contributed by atoms with Gasteiger partial charge in [-0.15, -0.1) is 0 Å². The van der Waals surface area contributed by atoms with Crippen LogP contribution in [0, 0.1) is 11.8 Å². The van der Waals surface area contributed by atoms with E-state index in [2.05, 4.69) is 12.2 Å². The molecule has 1 heterocycles. The van der Waals surface area contributed by atoms with E-state index in [0.29, 0.717) is 31.1 Å². The first kappa shape index (κ1) is 21.4.